The minimum absolute atomic E-state index is 0.285. The monoisotopic (exact) mass is 446 g/mol. The van der Waals surface area contributed by atoms with E-state index in [-0.39, 0.29) is 12.7 Å². The maximum Gasteiger partial charge on any atom is 0.128 e. The fourth-order valence-electron chi connectivity index (χ4n) is 3.96. The first-order valence-electron chi connectivity index (χ1n) is 11.3. The standard InChI is InChI=1S/C28H30O5/c29-16-25-20-31-26(21-30-17-22-10-4-1-5-11-22)28(33-19-24-14-8-3-9-15-24)27(25)32-18-23-12-6-2-7-13-23/h1-16,25-28H,17-21H2/t25?,26-,27-,28+/m1/s1. The second-order valence-corrected chi connectivity index (χ2v) is 8.19. The van der Waals surface area contributed by atoms with E-state index in [0.717, 1.165) is 23.0 Å². The maximum atomic E-state index is 11.9. The van der Waals surface area contributed by atoms with Gasteiger partial charge in [0.05, 0.1) is 45.1 Å². The molecule has 0 amide bonds. The Morgan fingerprint density at radius 3 is 1.70 bits per heavy atom. The van der Waals surface area contributed by atoms with E-state index >= 15 is 0 Å². The molecular formula is C28H30O5. The second-order valence-electron chi connectivity index (χ2n) is 8.19. The van der Waals surface area contributed by atoms with Gasteiger partial charge in [-0.3, -0.25) is 0 Å². The number of hydrogen-bond acceptors (Lipinski definition) is 5. The van der Waals surface area contributed by atoms with Crippen LogP contribution in [0, 0.1) is 5.92 Å². The first kappa shape index (κ1) is 23.3. The number of ether oxygens (including phenoxy) is 4. The van der Waals surface area contributed by atoms with Gasteiger partial charge in [0.15, 0.2) is 0 Å². The van der Waals surface area contributed by atoms with Gasteiger partial charge in [-0.2, -0.15) is 0 Å². The Bertz CT molecular complexity index is 948. The molecule has 0 aromatic heterocycles. The van der Waals surface area contributed by atoms with E-state index in [1.807, 2.05) is 91.0 Å². The van der Waals surface area contributed by atoms with Crippen molar-refractivity contribution in [3.8, 4) is 0 Å². The van der Waals surface area contributed by atoms with Crippen LogP contribution in [0.1, 0.15) is 16.7 Å². The fourth-order valence-corrected chi connectivity index (χ4v) is 3.96. The summed E-state index contributed by atoms with van der Waals surface area (Å²) >= 11 is 0. The average molecular weight is 447 g/mol. The van der Waals surface area contributed by atoms with Crippen LogP contribution in [0.5, 0.6) is 0 Å². The van der Waals surface area contributed by atoms with Gasteiger partial charge in [0.1, 0.15) is 18.5 Å². The molecule has 3 aromatic rings. The molecule has 33 heavy (non-hydrogen) atoms. The molecule has 0 spiro atoms. The van der Waals surface area contributed by atoms with Crippen LogP contribution < -0.4 is 0 Å². The molecule has 0 bridgehead atoms. The van der Waals surface area contributed by atoms with Crippen molar-refractivity contribution in [2.45, 2.75) is 38.1 Å². The second kappa shape index (κ2) is 12.4. The summed E-state index contributed by atoms with van der Waals surface area (Å²) in [7, 11) is 0. The SMILES string of the molecule is O=CC1CO[C@H](COCc2ccccc2)[C@H](OCc2ccccc2)[C@@H]1OCc1ccccc1. The summed E-state index contributed by atoms with van der Waals surface area (Å²) in [4.78, 5) is 11.9. The summed E-state index contributed by atoms with van der Waals surface area (Å²) in [6.07, 6.45) is -0.288. The lowest BCUT2D eigenvalue weighted by atomic mass is 9.93. The summed E-state index contributed by atoms with van der Waals surface area (Å²) in [6, 6.07) is 29.9. The molecule has 4 rings (SSSR count). The lowest BCUT2D eigenvalue weighted by Crippen LogP contribution is -2.54. The predicted octanol–water partition coefficient (Wildman–Crippen LogP) is 4.59. The molecule has 0 saturated carbocycles. The van der Waals surface area contributed by atoms with Crippen LogP contribution in [0.3, 0.4) is 0 Å². The van der Waals surface area contributed by atoms with Crippen LogP contribution in [-0.2, 0) is 43.6 Å². The van der Waals surface area contributed by atoms with Crippen molar-refractivity contribution < 1.29 is 23.7 Å². The van der Waals surface area contributed by atoms with Gasteiger partial charge in [-0.15, -0.1) is 0 Å². The summed E-state index contributed by atoms with van der Waals surface area (Å²) in [5.74, 6) is -0.403. The van der Waals surface area contributed by atoms with Gasteiger partial charge in [0.25, 0.3) is 0 Å². The largest absolute Gasteiger partial charge is 0.374 e. The fraction of sp³-hybridized carbons (Fsp3) is 0.321. The van der Waals surface area contributed by atoms with Crippen LogP contribution in [0.15, 0.2) is 91.0 Å². The molecule has 0 aliphatic carbocycles. The Labute approximate surface area is 195 Å². The maximum absolute atomic E-state index is 11.9. The molecule has 1 heterocycles. The van der Waals surface area contributed by atoms with Crippen LogP contribution in [0.25, 0.3) is 0 Å². The summed E-state index contributed by atoms with van der Waals surface area (Å²) < 4.78 is 24.6. The molecule has 0 N–H and O–H groups in total. The quantitative estimate of drug-likeness (QED) is 0.403. The highest BCUT2D eigenvalue weighted by atomic mass is 16.6. The minimum atomic E-state index is -0.436. The highest BCUT2D eigenvalue weighted by Gasteiger charge is 2.42. The number of aldehydes is 1. The molecule has 5 heteroatoms. The van der Waals surface area contributed by atoms with Gasteiger partial charge in [0.2, 0.25) is 0 Å². The first-order chi connectivity index (χ1) is 16.3. The molecule has 1 aliphatic heterocycles. The van der Waals surface area contributed by atoms with Crippen molar-refractivity contribution in [2.75, 3.05) is 13.2 Å². The van der Waals surface area contributed by atoms with E-state index in [9.17, 15) is 4.79 Å². The predicted molar refractivity (Wildman–Crippen MR) is 125 cm³/mol. The van der Waals surface area contributed by atoms with Gasteiger partial charge in [-0.05, 0) is 16.7 Å². The van der Waals surface area contributed by atoms with Crippen molar-refractivity contribution in [1.82, 2.24) is 0 Å². The van der Waals surface area contributed by atoms with Gasteiger partial charge < -0.3 is 23.7 Å². The summed E-state index contributed by atoms with van der Waals surface area (Å²) in [5, 5.41) is 0. The van der Waals surface area contributed by atoms with Crippen molar-refractivity contribution in [3.05, 3.63) is 108 Å². The van der Waals surface area contributed by atoms with Crippen LogP contribution in [-0.4, -0.2) is 37.8 Å². The van der Waals surface area contributed by atoms with E-state index in [1.165, 1.54) is 0 Å². The average Bonchev–Trinajstić information content (AvgIpc) is 2.88. The molecule has 3 aromatic carbocycles. The number of benzene rings is 3. The number of rotatable bonds is 11. The third-order valence-electron chi connectivity index (χ3n) is 5.75. The van der Waals surface area contributed by atoms with E-state index < -0.39 is 18.1 Å². The summed E-state index contributed by atoms with van der Waals surface area (Å²) in [6.45, 7) is 1.93. The highest BCUT2D eigenvalue weighted by Crippen LogP contribution is 2.27. The van der Waals surface area contributed by atoms with Gasteiger partial charge >= 0.3 is 0 Å². The van der Waals surface area contributed by atoms with Crippen LogP contribution in [0.2, 0.25) is 0 Å². The zero-order valence-electron chi connectivity index (χ0n) is 18.6. The molecule has 4 atom stereocenters. The van der Waals surface area contributed by atoms with Crippen molar-refractivity contribution in [1.29, 1.82) is 0 Å². The minimum Gasteiger partial charge on any atom is -0.374 e. The molecule has 1 saturated heterocycles. The third kappa shape index (κ3) is 6.83. The molecule has 0 radical (unpaired) electrons. The van der Waals surface area contributed by atoms with Crippen molar-refractivity contribution >= 4 is 6.29 Å². The normalized spacial score (nSPS) is 22.7. The molecule has 1 aliphatic rings. The Hall–Kier alpha value is -2.83. The van der Waals surface area contributed by atoms with Crippen molar-refractivity contribution in [3.63, 3.8) is 0 Å². The van der Waals surface area contributed by atoms with E-state index in [2.05, 4.69) is 0 Å². The third-order valence-corrected chi connectivity index (χ3v) is 5.75. The van der Waals surface area contributed by atoms with Gasteiger partial charge in [0, 0.05) is 0 Å². The van der Waals surface area contributed by atoms with E-state index in [1.54, 1.807) is 0 Å². The Balaban J connectivity index is 1.45. The zero-order chi connectivity index (χ0) is 22.7. The Kier molecular flexibility index (Phi) is 8.78. The Morgan fingerprint density at radius 2 is 1.18 bits per heavy atom. The molecule has 1 fully saturated rings. The van der Waals surface area contributed by atoms with Crippen LogP contribution in [0.4, 0.5) is 0 Å². The molecule has 1 unspecified atom stereocenters. The number of carbonyl (C=O) groups is 1. The number of hydrogen-bond donors (Lipinski definition) is 0. The molecular weight excluding hydrogens is 416 g/mol. The topological polar surface area (TPSA) is 54.0 Å². The highest BCUT2D eigenvalue weighted by molar-refractivity contribution is 5.55. The van der Waals surface area contributed by atoms with Crippen LogP contribution >= 0.6 is 0 Å². The smallest absolute Gasteiger partial charge is 0.128 e. The van der Waals surface area contributed by atoms with E-state index in [0.29, 0.717) is 26.4 Å². The summed E-state index contributed by atoms with van der Waals surface area (Å²) in [5.41, 5.74) is 3.20. The van der Waals surface area contributed by atoms with Crippen molar-refractivity contribution in [2.24, 2.45) is 5.92 Å². The zero-order valence-corrected chi connectivity index (χ0v) is 18.6. The van der Waals surface area contributed by atoms with Gasteiger partial charge in [-0.25, -0.2) is 0 Å². The lowest BCUT2D eigenvalue weighted by molar-refractivity contribution is -0.215. The van der Waals surface area contributed by atoms with Gasteiger partial charge in [-0.1, -0.05) is 91.0 Å². The first-order valence-corrected chi connectivity index (χ1v) is 11.3. The Morgan fingerprint density at radius 1 is 0.697 bits per heavy atom. The number of carbonyl (C=O) groups excluding carboxylic acids is 1. The molecule has 5 nitrogen and oxygen atoms in total. The van der Waals surface area contributed by atoms with E-state index in [4.69, 9.17) is 18.9 Å². The molecule has 172 valence electrons. The lowest BCUT2D eigenvalue weighted by Gasteiger charge is -2.40.